The molecular weight excluding hydrogens is 142 g/mol. The van der Waals surface area contributed by atoms with E-state index in [4.69, 9.17) is 11.3 Å². The molecule has 0 aromatic heterocycles. The van der Waals surface area contributed by atoms with Crippen molar-refractivity contribution in [3.63, 3.8) is 0 Å². The highest BCUT2D eigenvalue weighted by atomic mass is 16.1. The lowest BCUT2D eigenvalue weighted by Gasteiger charge is -1.99. The van der Waals surface area contributed by atoms with E-state index >= 15 is 0 Å². The summed E-state index contributed by atoms with van der Waals surface area (Å²) in [6, 6.07) is 0. The first-order valence-electron chi connectivity index (χ1n) is 3.12. The minimum absolute atomic E-state index is 0.308. The molecule has 56 valence electrons. The fourth-order valence-electron chi connectivity index (χ4n) is 0.826. The summed E-state index contributed by atoms with van der Waals surface area (Å²) in [6.07, 6.45) is 5.16. The number of allylic oxidation sites excluding steroid dienone is 3. The van der Waals surface area contributed by atoms with E-state index in [2.05, 4.69) is 4.79 Å². The Hall–Kier alpha value is -1.67. The Morgan fingerprint density at radius 3 is 3.00 bits per heavy atom. The van der Waals surface area contributed by atoms with Crippen molar-refractivity contribution in [2.75, 3.05) is 0 Å². The van der Waals surface area contributed by atoms with Crippen LogP contribution in [-0.2, 0) is 4.79 Å². The Kier molecular flexibility index (Phi) is 1.99. The zero-order valence-electron chi connectivity index (χ0n) is 5.82. The SMILES string of the molecule is [N-]=[N+]=C1C=CC=C(C(N)=O)C1. The molecule has 11 heavy (non-hydrogen) atoms. The van der Waals surface area contributed by atoms with Crippen molar-refractivity contribution in [2.45, 2.75) is 6.42 Å². The second kappa shape index (κ2) is 2.94. The van der Waals surface area contributed by atoms with Crippen molar-refractivity contribution in [3.8, 4) is 0 Å². The molecule has 1 rings (SSSR count). The number of nitrogens with zero attached hydrogens (tertiary/aromatic N) is 2. The normalized spacial score (nSPS) is 15.6. The first kappa shape index (κ1) is 7.44. The van der Waals surface area contributed by atoms with Crippen LogP contribution in [0.15, 0.2) is 23.8 Å². The topological polar surface area (TPSA) is 79.5 Å². The maximum Gasteiger partial charge on any atom is 0.296 e. The lowest BCUT2D eigenvalue weighted by molar-refractivity contribution is -0.114. The van der Waals surface area contributed by atoms with Gasteiger partial charge in [-0.15, -0.1) is 0 Å². The molecule has 0 spiro atoms. The van der Waals surface area contributed by atoms with Crippen molar-refractivity contribution in [1.29, 1.82) is 0 Å². The van der Waals surface area contributed by atoms with Crippen LogP contribution in [0.1, 0.15) is 6.42 Å². The number of hydrogen-bond donors (Lipinski definition) is 1. The van der Waals surface area contributed by atoms with Crippen LogP contribution >= 0.6 is 0 Å². The lowest BCUT2D eigenvalue weighted by Crippen LogP contribution is -2.17. The molecule has 4 nitrogen and oxygen atoms in total. The van der Waals surface area contributed by atoms with E-state index in [1.165, 1.54) is 0 Å². The van der Waals surface area contributed by atoms with Crippen LogP contribution in [0, 0.1) is 0 Å². The van der Waals surface area contributed by atoms with Crippen molar-refractivity contribution in [3.05, 3.63) is 29.3 Å². The predicted molar refractivity (Wildman–Crippen MR) is 39.7 cm³/mol. The van der Waals surface area contributed by atoms with Gasteiger partial charge in [-0.3, -0.25) is 4.79 Å². The van der Waals surface area contributed by atoms with E-state index in [0.29, 0.717) is 17.7 Å². The zero-order chi connectivity index (χ0) is 8.27. The van der Waals surface area contributed by atoms with Gasteiger partial charge >= 0.3 is 0 Å². The average Bonchev–Trinajstić information content (AvgIpc) is 2.05. The monoisotopic (exact) mass is 149 g/mol. The van der Waals surface area contributed by atoms with Crippen LogP contribution in [-0.4, -0.2) is 16.4 Å². The molecule has 2 N–H and O–H groups in total. The van der Waals surface area contributed by atoms with E-state index < -0.39 is 5.91 Å². The quantitative estimate of drug-likeness (QED) is 0.414. The first-order valence-corrected chi connectivity index (χ1v) is 3.12. The summed E-state index contributed by atoms with van der Waals surface area (Å²) < 4.78 is 0. The van der Waals surface area contributed by atoms with Crippen LogP contribution in [0.4, 0.5) is 0 Å². The molecule has 0 unspecified atom stereocenters. The first-order chi connectivity index (χ1) is 5.24. The summed E-state index contributed by atoms with van der Waals surface area (Å²) >= 11 is 0. The number of carbonyl (C=O) groups excluding carboxylic acids is 1. The van der Waals surface area contributed by atoms with Gasteiger partial charge in [0.25, 0.3) is 5.71 Å². The second-order valence-corrected chi connectivity index (χ2v) is 2.18. The van der Waals surface area contributed by atoms with Gasteiger partial charge in [-0.25, -0.2) is 0 Å². The highest BCUT2D eigenvalue weighted by Gasteiger charge is 2.14. The maximum atomic E-state index is 10.6. The van der Waals surface area contributed by atoms with Gasteiger partial charge in [-0.1, -0.05) is 12.2 Å². The third kappa shape index (κ3) is 1.63. The molecule has 0 aromatic carbocycles. The van der Waals surface area contributed by atoms with Crippen molar-refractivity contribution in [1.82, 2.24) is 0 Å². The van der Waals surface area contributed by atoms with E-state index in [1.807, 2.05) is 0 Å². The Morgan fingerprint density at radius 1 is 1.73 bits per heavy atom. The van der Waals surface area contributed by atoms with Crippen molar-refractivity contribution in [2.24, 2.45) is 5.73 Å². The standard InChI is InChI=1S/C7H7N3O/c8-7(11)5-2-1-3-6(4-5)10-9/h1-3H,4H2,(H2,8,11). The summed E-state index contributed by atoms with van der Waals surface area (Å²) in [6.45, 7) is 0. The number of carbonyl (C=O) groups is 1. The second-order valence-electron chi connectivity index (χ2n) is 2.18. The summed E-state index contributed by atoms with van der Waals surface area (Å²) in [5.74, 6) is -0.476. The molecule has 0 bridgehead atoms. The molecule has 0 fully saturated rings. The van der Waals surface area contributed by atoms with Gasteiger partial charge in [0.2, 0.25) is 5.91 Å². The van der Waals surface area contributed by atoms with Crippen LogP contribution in [0.25, 0.3) is 5.53 Å². The Bertz CT molecular complexity index is 295. The number of rotatable bonds is 1. The molecule has 0 heterocycles. The average molecular weight is 149 g/mol. The fraction of sp³-hybridized carbons (Fsp3) is 0.143. The zero-order valence-corrected chi connectivity index (χ0v) is 5.82. The number of nitrogens with two attached hydrogens (primary N) is 1. The number of amides is 1. The predicted octanol–water partition coefficient (Wildman–Crippen LogP) is 0.0288. The molecule has 0 saturated heterocycles. The molecule has 0 saturated carbocycles. The Morgan fingerprint density at radius 2 is 2.45 bits per heavy atom. The van der Waals surface area contributed by atoms with E-state index in [9.17, 15) is 4.79 Å². The highest BCUT2D eigenvalue weighted by Crippen LogP contribution is 2.07. The Balaban J connectivity index is 2.89. The molecule has 1 aliphatic carbocycles. The summed E-state index contributed by atoms with van der Waals surface area (Å²) in [4.78, 5) is 13.6. The molecule has 0 aromatic rings. The molecule has 0 aliphatic heterocycles. The molecular formula is C7H7N3O. The van der Waals surface area contributed by atoms with Crippen molar-refractivity contribution < 1.29 is 9.58 Å². The third-order valence-electron chi connectivity index (χ3n) is 1.40. The molecule has 0 atom stereocenters. The lowest BCUT2D eigenvalue weighted by atomic mass is 10.0. The summed E-state index contributed by atoms with van der Waals surface area (Å²) in [7, 11) is 0. The smallest absolute Gasteiger partial charge is 0.296 e. The van der Waals surface area contributed by atoms with E-state index in [1.54, 1.807) is 18.2 Å². The van der Waals surface area contributed by atoms with Gasteiger partial charge in [-0.05, 0) is 0 Å². The molecule has 4 heteroatoms. The highest BCUT2D eigenvalue weighted by molar-refractivity contribution is 6.03. The Labute approximate surface area is 63.6 Å². The van der Waals surface area contributed by atoms with Gasteiger partial charge in [0.1, 0.15) is 0 Å². The van der Waals surface area contributed by atoms with Gasteiger partial charge in [-0.2, -0.15) is 4.79 Å². The summed E-state index contributed by atoms with van der Waals surface area (Å²) in [5, 5.41) is 0. The number of hydrogen-bond acceptors (Lipinski definition) is 1. The van der Waals surface area contributed by atoms with Crippen molar-refractivity contribution >= 4 is 11.6 Å². The van der Waals surface area contributed by atoms with Gasteiger partial charge in [0, 0.05) is 11.6 Å². The minimum atomic E-state index is -0.476. The van der Waals surface area contributed by atoms with Crippen LogP contribution in [0.3, 0.4) is 0 Å². The molecule has 1 amide bonds. The van der Waals surface area contributed by atoms with Gasteiger partial charge in [0.15, 0.2) is 0 Å². The van der Waals surface area contributed by atoms with Crippen LogP contribution < -0.4 is 5.73 Å². The van der Waals surface area contributed by atoms with Gasteiger partial charge in [0.05, 0.1) is 6.42 Å². The molecule has 1 aliphatic rings. The third-order valence-corrected chi connectivity index (χ3v) is 1.40. The molecule has 0 radical (unpaired) electrons. The van der Waals surface area contributed by atoms with E-state index in [0.717, 1.165) is 0 Å². The van der Waals surface area contributed by atoms with Gasteiger partial charge < -0.3 is 11.3 Å². The minimum Gasteiger partial charge on any atom is -0.366 e. The maximum absolute atomic E-state index is 10.6. The van der Waals surface area contributed by atoms with E-state index in [-0.39, 0.29) is 0 Å². The van der Waals surface area contributed by atoms with Crippen LogP contribution in [0.2, 0.25) is 0 Å². The number of primary amides is 1. The van der Waals surface area contributed by atoms with Crippen LogP contribution in [0.5, 0.6) is 0 Å². The largest absolute Gasteiger partial charge is 0.366 e. The summed E-state index contributed by atoms with van der Waals surface area (Å²) in [5.41, 5.74) is 14.3. The fourth-order valence-corrected chi connectivity index (χ4v) is 0.826.